The first-order chi connectivity index (χ1) is 15.1. The standard InChI is InChI=1S/C26H27NO4/c1-17-23(26(29)31-16-15-18-9-4-3-5-10-18)24(19-11-6-7-14-22(19)30-2)25-20(27-17)12-8-13-21(25)28/h3-7,9-11,14,24,27H,8,12-13,15-16H2,1-2H3/t24-/m1/s1. The van der Waals surface area contributed by atoms with E-state index in [0.717, 1.165) is 35.4 Å². The van der Waals surface area contributed by atoms with Gasteiger partial charge in [-0.2, -0.15) is 0 Å². The molecule has 160 valence electrons. The van der Waals surface area contributed by atoms with Gasteiger partial charge in [0.1, 0.15) is 5.75 Å². The third-order valence-electron chi connectivity index (χ3n) is 5.91. The molecule has 1 N–H and O–H groups in total. The summed E-state index contributed by atoms with van der Waals surface area (Å²) in [7, 11) is 1.60. The van der Waals surface area contributed by atoms with Gasteiger partial charge in [-0.05, 0) is 31.4 Å². The molecule has 1 aliphatic carbocycles. The Morgan fingerprint density at radius 1 is 1.06 bits per heavy atom. The Morgan fingerprint density at radius 2 is 1.81 bits per heavy atom. The second kappa shape index (κ2) is 9.21. The zero-order valence-electron chi connectivity index (χ0n) is 17.9. The van der Waals surface area contributed by atoms with Gasteiger partial charge in [-0.25, -0.2) is 4.79 Å². The lowest BCUT2D eigenvalue weighted by atomic mass is 9.75. The fraction of sp³-hybridized carbons (Fsp3) is 0.308. The number of para-hydroxylation sites is 1. The molecule has 2 aromatic rings. The van der Waals surface area contributed by atoms with Crippen molar-refractivity contribution in [3.63, 3.8) is 0 Å². The van der Waals surface area contributed by atoms with Crippen LogP contribution in [0, 0.1) is 0 Å². The largest absolute Gasteiger partial charge is 0.496 e. The van der Waals surface area contributed by atoms with E-state index < -0.39 is 11.9 Å². The zero-order valence-corrected chi connectivity index (χ0v) is 17.9. The van der Waals surface area contributed by atoms with Gasteiger partial charge in [0.2, 0.25) is 0 Å². The lowest BCUT2D eigenvalue weighted by Crippen LogP contribution is -2.34. The Hall–Kier alpha value is -3.34. The van der Waals surface area contributed by atoms with Crippen LogP contribution < -0.4 is 10.1 Å². The molecule has 0 radical (unpaired) electrons. The van der Waals surface area contributed by atoms with Gasteiger partial charge < -0.3 is 14.8 Å². The highest BCUT2D eigenvalue weighted by atomic mass is 16.5. The van der Waals surface area contributed by atoms with E-state index in [0.29, 0.717) is 29.7 Å². The molecule has 0 amide bonds. The topological polar surface area (TPSA) is 64.6 Å². The number of esters is 1. The van der Waals surface area contributed by atoms with Gasteiger partial charge in [-0.3, -0.25) is 4.79 Å². The fourth-order valence-corrected chi connectivity index (χ4v) is 4.45. The maximum atomic E-state index is 13.3. The van der Waals surface area contributed by atoms with Gasteiger partial charge in [0, 0.05) is 35.4 Å². The van der Waals surface area contributed by atoms with E-state index in [1.165, 1.54) is 0 Å². The number of rotatable bonds is 6. The average Bonchev–Trinajstić information content (AvgIpc) is 2.79. The Kier molecular flexibility index (Phi) is 6.21. The molecule has 4 rings (SSSR count). The number of allylic oxidation sites excluding steroid dienone is 3. The summed E-state index contributed by atoms with van der Waals surface area (Å²) in [5.41, 5.74) is 4.70. The van der Waals surface area contributed by atoms with Crippen molar-refractivity contribution >= 4 is 11.8 Å². The number of nitrogens with one attached hydrogen (secondary N) is 1. The number of carbonyl (C=O) groups excluding carboxylic acids is 2. The van der Waals surface area contributed by atoms with Crippen LogP contribution in [-0.4, -0.2) is 25.5 Å². The number of benzene rings is 2. The number of ether oxygens (including phenoxy) is 2. The zero-order chi connectivity index (χ0) is 21.8. The van der Waals surface area contributed by atoms with Crippen LogP contribution in [0.3, 0.4) is 0 Å². The Bertz CT molecular complexity index is 1050. The van der Waals surface area contributed by atoms with E-state index >= 15 is 0 Å². The highest BCUT2D eigenvalue weighted by Crippen LogP contribution is 2.45. The monoisotopic (exact) mass is 417 g/mol. The number of hydrogen-bond acceptors (Lipinski definition) is 5. The Labute approximate surface area is 182 Å². The number of Topliss-reactive ketones (excluding diaryl/α,β-unsaturated/α-hetero) is 1. The molecule has 0 unspecified atom stereocenters. The van der Waals surface area contributed by atoms with Gasteiger partial charge in [0.15, 0.2) is 5.78 Å². The second-order valence-corrected chi connectivity index (χ2v) is 7.88. The molecule has 5 nitrogen and oxygen atoms in total. The Balaban J connectivity index is 1.67. The van der Waals surface area contributed by atoms with Gasteiger partial charge in [-0.1, -0.05) is 48.5 Å². The van der Waals surface area contributed by atoms with Crippen LogP contribution in [0.25, 0.3) is 0 Å². The lowest BCUT2D eigenvalue weighted by molar-refractivity contribution is -0.139. The fourth-order valence-electron chi connectivity index (χ4n) is 4.45. The van der Waals surface area contributed by atoms with Crippen molar-refractivity contribution in [2.45, 2.75) is 38.5 Å². The summed E-state index contributed by atoms with van der Waals surface area (Å²) in [5, 5.41) is 3.32. The van der Waals surface area contributed by atoms with Crippen LogP contribution in [0.2, 0.25) is 0 Å². The Morgan fingerprint density at radius 3 is 2.58 bits per heavy atom. The number of dihydropyridines is 1. The molecule has 0 bridgehead atoms. The normalized spacial score (nSPS) is 18.4. The van der Waals surface area contributed by atoms with Crippen molar-refractivity contribution in [2.75, 3.05) is 13.7 Å². The smallest absolute Gasteiger partial charge is 0.336 e. The summed E-state index contributed by atoms with van der Waals surface area (Å²) >= 11 is 0. The summed E-state index contributed by atoms with van der Waals surface area (Å²) in [6.45, 7) is 2.15. The molecule has 0 saturated heterocycles. The molecule has 31 heavy (non-hydrogen) atoms. The SMILES string of the molecule is COc1ccccc1[C@@H]1C(C(=O)OCCc2ccccc2)=C(C)NC2=C1C(=O)CCC2. The van der Waals surface area contributed by atoms with Crippen LogP contribution in [0.5, 0.6) is 5.75 Å². The van der Waals surface area contributed by atoms with Crippen LogP contribution in [0.1, 0.15) is 43.2 Å². The minimum Gasteiger partial charge on any atom is -0.496 e. The predicted molar refractivity (Wildman–Crippen MR) is 119 cm³/mol. The van der Waals surface area contributed by atoms with E-state index in [2.05, 4.69) is 5.32 Å². The minimum atomic E-state index is -0.496. The molecular formula is C26H27NO4. The lowest BCUT2D eigenvalue weighted by Gasteiger charge is -2.34. The number of methoxy groups -OCH3 is 1. The molecule has 2 aliphatic rings. The quantitative estimate of drug-likeness (QED) is 0.704. The summed E-state index contributed by atoms with van der Waals surface area (Å²) in [4.78, 5) is 26.2. The number of carbonyl (C=O) groups is 2. The highest BCUT2D eigenvalue weighted by molar-refractivity contribution is 6.04. The van der Waals surface area contributed by atoms with E-state index in [9.17, 15) is 9.59 Å². The molecule has 1 aliphatic heterocycles. The third-order valence-corrected chi connectivity index (χ3v) is 5.91. The van der Waals surface area contributed by atoms with Crippen molar-refractivity contribution in [1.82, 2.24) is 5.32 Å². The second-order valence-electron chi connectivity index (χ2n) is 7.88. The maximum Gasteiger partial charge on any atom is 0.336 e. The van der Waals surface area contributed by atoms with Gasteiger partial charge in [0.05, 0.1) is 25.2 Å². The summed E-state index contributed by atoms with van der Waals surface area (Å²) in [6, 6.07) is 17.5. The van der Waals surface area contributed by atoms with Crippen LogP contribution >= 0.6 is 0 Å². The summed E-state index contributed by atoms with van der Waals surface area (Å²) in [6.07, 6.45) is 2.73. The summed E-state index contributed by atoms with van der Waals surface area (Å²) < 4.78 is 11.3. The van der Waals surface area contributed by atoms with E-state index in [1.54, 1.807) is 7.11 Å². The maximum absolute atomic E-state index is 13.3. The van der Waals surface area contributed by atoms with Crippen LogP contribution in [0.4, 0.5) is 0 Å². The minimum absolute atomic E-state index is 0.0757. The molecule has 0 fully saturated rings. The van der Waals surface area contributed by atoms with Crippen molar-refractivity contribution in [3.8, 4) is 5.75 Å². The number of hydrogen-bond donors (Lipinski definition) is 1. The molecule has 0 aromatic heterocycles. The van der Waals surface area contributed by atoms with Crippen molar-refractivity contribution in [1.29, 1.82) is 0 Å². The first kappa shape index (κ1) is 20.9. The summed E-state index contributed by atoms with van der Waals surface area (Å²) in [5.74, 6) is -0.167. The molecular weight excluding hydrogens is 390 g/mol. The predicted octanol–water partition coefficient (Wildman–Crippen LogP) is 4.45. The van der Waals surface area contributed by atoms with Gasteiger partial charge in [0.25, 0.3) is 0 Å². The number of ketones is 1. The van der Waals surface area contributed by atoms with Crippen molar-refractivity contribution in [3.05, 3.63) is 88.3 Å². The third kappa shape index (κ3) is 4.26. The van der Waals surface area contributed by atoms with Crippen molar-refractivity contribution in [2.24, 2.45) is 0 Å². The van der Waals surface area contributed by atoms with Crippen LogP contribution in [0.15, 0.2) is 77.1 Å². The highest BCUT2D eigenvalue weighted by Gasteiger charge is 2.40. The first-order valence-corrected chi connectivity index (χ1v) is 10.7. The van der Waals surface area contributed by atoms with Crippen molar-refractivity contribution < 1.29 is 19.1 Å². The molecule has 0 saturated carbocycles. The molecule has 2 aromatic carbocycles. The van der Waals surface area contributed by atoms with E-state index in [4.69, 9.17) is 9.47 Å². The van der Waals surface area contributed by atoms with Gasteiger partial charge >= 0.3 is 5.97 Å². The average molecular weight is 418 g/mol. The molecule has 0 spiro atoms. The first-order valence-electron chi connectivity index (χ1n) is 10.7. The van der Waals surface area contributed by atoms with Crippen LogP contribution in [-0.2, 0) is 20.7 Å². The van der Waals surface area contributed by atoms with Gasteiger partial charge in [-0.15, -0.1) is 0 Å². The molecule has 1 heterocycles. The molecule has 5 heteroatoms. The molecule has 1 atom stereocenters. The van der Waals surface area contributed by atoms with E-state index in [1.807, 2.05) is 61.5 Å². The van der Waals surface area contributed by atoms with E-state index in [-0.39, 0.29) is 12.4 Å².